The molecule has 3 N–H and O–H groups in total. The molecule has 5 heteroatoms. The van der Waals surface area contributed by atoms with Crippen LogP contribution in [0.2, 0.25) is 0 Å². The van der Waals surface area contributed by atoms with Gasteiger partial charge in [-0.05, 0) is 56.4 Å². The van der Waals surface area contributed by atoms with E-state index in [1.54, 1.807) is 6.92 Å². The molecule has 1 aliphatic heterocycles. The van der Waals surface area contributed by atoms with Crippen molar-refractivity contribution in [2.45, 2.75) is 44.6 Å². The van der Waals surface area contributed by atoms with Gasteiger partial charge in [0.05, 0.1) is 12.7 Å². The fourth-order valence-corrected chi connectivity index (χ4v) is 2.29. The Bertz CT molecular complexity index is 561. The predicted octanol–water partition coefficient (Wildman–Crippen LogP) is 2.36. The van der Waals surface area contributed by atoms with Crippen LogP contribution in [0.25, 0.3) is 0 Å². The molecule has 1 unspecified atom stereocenters. The smallest absolute Gasteiger partial charge is 0.224 e. The Morgan fingerprint density at radius 2 is 2.24 bits per heavy atom. The molecule has 5 nitrogen and oxygen atoms in total. The molecule has 0 radical (unpaired) electrons. The molecule has 1 atom stereocenters. The fraction of sp³-hybridized carbons (Fsp3) is 0.500. The van der Waals surface area contributed by atoms with E-state index in [0.29, 0.717) is 19.4 Å². The first-order valence-electron chi connectivity index (χ1n) is 7.26. The van der Waals surface area contributed by atoms with Gasteiger partial charge in [-0.1, -0.05) is 0 Å². The van der Waals surface area contributed by atoms with Gasteiger partial charge in [-0.15, -0.1) is 0 Å². The largest absolute Gasteiger partial charge is 0.494 e. The molecule has 0 fully saturated rings. The topological polar surface area (TPSA) is 88.1 Å². The number of carbonyl (C=O) groups excluding carboxylic acids is 1. The van der Waals surface area contributed by atoms with Gasteiger partial charge in [0.25, 0.3) is 0 Å². The number of anilines is 1. The number of hydrogen-bond acceptors (Lipinski definition) is 4. The van der Waals surface area contributed by atoms with Crippen molar-refractivity contribution in [2.75, 3.05) is 11.9 Å². The first-order valence-corrected chi connectivity index (χ1v) is 7.26. The summed E-state index contributed by atoms with van der Waals surface area (Å²) < 4.78 is 5.71. The third-order valence-corrected chi connectivity index (χ3v) is 3.59. The van der Waals surface area contributed by atoms with E-state index in [9.17, 15) is 4.79 Å². The molecule has 1 aromatic rings. The van der Waals surface area contributed by atoms with E-state index in [2.05, 4.69) is 11.4 Å². The number of ether oxygens (including phenoxy) is 1. The number of nitriles is 1. The van der Waals surface area contributed by atoms with E-state index in [4.69, 9.17) is 15.7 Å². The Labute approximate surface area is 125 Å². The van der Waals surface area contributed by atoms with Crippen LogP contribution in [0.3, 0.4) is 0 Å². The molecule has 112 valence electrons. The summed E-state index contributed by atoms with van der Waals surface area (Å²) in [5, 5.41) is 11.7. The monoisotopic (exact) mass is 287 g/mol. The van der Waals surface area contributed by atoms with Crippen molar-refractivity contribution < 1.29 is 9.53 Å². The van der Waals surface area contributed by atoms with Crippen LogP contribution >= 0.6 is 0 Å². The third-order valence-electron chi connectivity index (χ3n) is 3.59. The fourth-order valence-electron chi connectivity index (χ4n) is 2.29. The zero-order chi connectivity index (χ0) is 15.3. The molecule has 0 aliphatic carbocycles. The van der Waals surface area contributed by atoms with Crippen molar-refractivity contribution in [3.8, 4) is 11.8 Å². The number of rotatable bonds is 6. The van der Waals surface area contributed by atoms with E-state index in [1.807, 2.05) is 18.2 Å². The normalized spacial score (nSPS) is 16.3. The Kier molecular flexibility index (Phi) is 4.81. The van der Waals surface area contributed by atoms with Crippen molar-refractivity contribution in [1.82, 2.24) is 0 Å². The minimum absolute atomic E-state index is 0.0681. The van der Waals surface area contributed by atoms with Gasteiger partial charge < -0.3 is 15.8 Å². The van der Waals surface area contributed by atoms with Crippen molar-refractivity contribution in [3.05, 3.63) is 23.8 Å². The Morgan fingerprint density at radius 3 is 3.00 bits per heavy atom. The van der Waals surface area contributed by atoms with Crippen molar-refractivity contribution in [2.24, 2.45) is 5.73 Å². The van der Waals surface area contributed by atoms with Gasteiger partial charge in [0.2, 0.25) is 5.91 Å². The van der Waals surface area contributed by atoms with Crippen LogP contribution in [0.5, 0.6) is 5.75 Å². The van der Waals surface area contributed by atoms with Crippen LogP contribution < -0.4 is 15.8 Å². The predicted molar refractivity (Wildman–Crippen MR) is 80.9 cm³/mol. The SMILES string of the molecule is CC(N)(C#N)CCCCOc1ccc2c(c1)CCC(=O)N2. The molecule has 0 saturated carbocycles. The molecule has 1 amide bonds. The average molecular weight is 287 g/mol. The van der Waals surface area contributed by atoms with Gasteiger partial charge in [-0.2, -0.15) is 5.26 Å². The zero-order valence-electron chi connectivity index (χ0n) is 12.3. The zero-order valence-corrected chi connectivity index (χ0v) is 12.3. The van der Waals surface area contributed by atoms with Crippen molar-refractivity contribution in [3.63, 3.8) is 0 Å². The first kappa shape index (κ1) is 15.3. The van der Waals surface area contributed by atoms with Gasteiger partial charge in [-0.3, -0.25) is 4.79 Å². The number of fused-ring (bicyclic) bond motifs is 1. The molecule has 2 rings (SSSR count). The Hall–Kier alpha value is -2.06. The molecule has 1 heterocycles. The number of nitrogens with two attached hydrogens (primary N) is 1. The van der Waals surface area contributed by atoms with Crippen LogP contribution in [0.15, 0.2) is 18.2 Å². The summed E-state index contributed by atoms with van der Waals surface area (Å²) >= 11 is 0. The summed E-state index contributed by atoms with van der Waals surface area (Å²) in [6, 6.07) is 7.82. The van der Waals surface area contributed by atoms with Crippen LogP contribution in [-0.2, 0) is 11.2 Å². The second-order valence-electron chi connectivity index (χ2n) is 5.70. The number of unbranched alkanes of at least 4 members (excludes halogenated alkanes) is 1. The Balaban J connectivity index is 1.77. The lowest BCUT2D eigenvalue weighted by Crippen LogP contribution is -2.33. The third kappa shape index (κ3) is 4.47. The van der Waals surface area contributed by atoms with Gasteiger partial charge in [0.15, 0.2) is 0 Å². The molecule has 21 heavy (non-hydrogen) atoms. The lowest BCUT2D eigenvalue weighted by molar-refractivity contribution is -0.116. The molecule has 0 saturated heterocycles. The van der Waals surface area contributed by atoms with E-state index in [-0.39, 0.29) is 5.91 Å². The van der Waals surface area contributed by atoms with Crippen LogP contribution in [0.1, 0.15) is 38.2 Å². The minimum atomic E-state index is -0.746. The summed E-state index contributed by atoms with van der Waals surface area (Å²) in [5.41, 5.74) is 7.01. The number of hydrogen-bond donors (Lipinski definition) is 2. The van der Waals surface area contributed by atoms with Crippen molar-refractivity contribution in [1.29, 1.82) is 5.26 Å². The number of amides is 1. The number of nitrogens with zero attached hydrogens (tertiary/aromatic N) is 1. The molecular formula is C16H21N3O2. The number of aryl methyl sites for hydroxylation is 1. The molecule has 0 bridgehead atoms. The maximum absolute atomic E-state index is 11.3. The maximum atomic E-state index is 11.3. The van der Waals surface area contributed by atoms with E-state index < -0.39 is 5.54 Å². The summed E-state index contributed by atoms with van der Waals surface area (Å²) in [6.07, 6.45) is 3.68. The summed E-state index contributed by atoms with van der Waals surface area (Å²) in [5.74, 6) is 0.888. The molecule has 0 aromatic heterocycles. The second-order valence-corrected chi connectivity index (χ2v) is 5.70. The highest BCUT2D eigenvalue weighted by atomic mass is 16.5. The maximum Gasteiger partial charge on any atom is 0.224 e. The van der Waals surface area contributed by atoms with E-state index in [1.165, 1.54) is 0 Å². The second kappa shape index (κ2) is 6.59. The number of nitrogens with one attached hydrogen (secondary N) is 1. The highest BCUT2D eigenvalue weighted by Gasteiger charge is 2.16. The number of benzene rings is 1. The van der Waals surface area contributed by atoms with E-state index >= 15 is 0 Å². The average Bonchev–Trinajstić information content (AvgIpc) is 2.47. The highest BCUT2D eigenvalue weighted by molar-refractivity contribution is 5.93. The molecular weight excluding hydrogens is 266 g/mol. The lowest BCUT2D eigenvalue weighted by atomic mass is 9.98. The minimum Gasteiger partial charge on any atom is -0.494 e. The van der Waals surface area contributed by atoms with Gasteiger partial charge in [-0.25, -0.2) is 0 Å². The molecule has 1 aromatic carbocycles. The summed E-state index contributed by atoms with van der Waals surface area (Å²) in [6.45, 7) is 2.35. The molecule has 1 aliphatic rings. The van der Waals surface area contributed by atoms with Gasteiger partial charge in [0, 0.05) is 12.1 Å². The standard InChI is InChI=1S/C16H21N3O2/c1-16(18,11-17)8-2-3-9-21-13-5-6-14-12(10-13)4-7-15(20)19-14/h5-6,10H,2-4,7-9,18H2,1H3,(H,19,20). The van der Waals surface area contributed by atoms with Gasteiger partial charge in [0.1, 0.15) is 11.3 Å². The van der Waals surface area contributed by atoms with Crippen molar-refractivity contribution >= 4 is 11.6 Å². The van der Waals surface area contributed by atoms with Gasteiger partial charge >= 0.3 is 0 Å². The van der Waals surface area contributed by atoms with Crippen LogP contribution in [0, 0.1) is 11.3 Å². The first-order chi connectivity index (χ1) is 10.00. The lowest BCUT2D eigenvalue weighted by Gasteiger charge is -2.18. The molecule has 0 spiro atoms. The summed E-state index contributed by atoms with van der Waals surface area (Å²) in [7, 11) is 0. The summed E-state index contributed by atoms with van der Waals surface area (Å²) in [4.78, 5) is 11.3. The highest BCUT2D eigenvalue weighted by Crippen LogP contribution is 2.26. The van der Waals surface area contributed by atoms with Crippen LogP contribution in [0.4, 0.5) is 5.69 Å². The van der Waals surface area contributed by atoms with Crippen LogP contribution in [-0.4, -0.2) is 18.1 Å². The number of carbonyl (C=O) groups is 1. The Morgan fingerprint density at radius 1 is 1.43 bits per heavy atom. The van der Waals surface area contributed by atoms with E-state index in [0.717, 1.165) is 36.3 Å². The quantitative estimate of drug-likeness (QED) is 0.786.